The molecule has 0 aromatic carbocycles. The molecule has 1 N–H and O–H groups in total. The number of hydrogen-bond acceptors (Lipinski definition) is 3. The molecule has 0 aromatic rings. The van der Waals surface area contributed by atoms with Crippen molar-refractivity contribution in [2.24, 2.45) is 5.92 Å². The van der Waals surface area contributed by atoms with Crippen LogP contribution in [0.25, 0.3) is 0 Å². The largest absolute Gasteiger partial charge is 0.314 e. The van der Waals surface area contributed by atoms with Crippen molar-refractivity contribution in [3.8, 4) is 6.07 Å². The van der Waals surface area contributed by atoms with E-state index in [1.807, 2.05) is 6.92 Å². The lowest BCUT2D eigenvalue weighted by Crippen LogP contribution is -2.42. The molecule has 0 aromatic heterocycles. The van der Waals surface area contributed by atoms with Gasteiger partial charge in [-0.05, 0) is 45.3 Å². The van der Waals surface area contributed by atoms with Crippen LogP contribution in [0.4, 0.5) is 0 Å². The molecule has 0 bridgehead atoms. The highest BCUT2D eigenvalue weighted by Gasteiger charge is 2.22. The van der Waals surface area contributed by atoms with E-state index in [0.717, 1.165) is 25.6 Å². The maximum atomic E-state index is 8.83. The minimum absolute atomic E-state index is 0.0870. The van der Waals surface area contributed by atoms with Gasteiger partial charge in [-0.25, -0.2) is 0 Å². The topological polar surface area (TPSA) is 39.1 Å². The Bertz CT molecular complexity index is 211. The van der Waals surface area contributed by atoms with Gasteiger partial charge in [-0.1, -0.05) is 13.8 Å². The molecule has 86 valence electrons. The Balaban J connectivity index is 2.21. The summed E-state index contributed by atoms with van der Waals surface area (Å²) in [7, 11) is 0. The van der Waals surface area contributed by atoms with Crippen molar-refractivity contribution < 1.29 is 0 Å². The number of nitrogens with zero attached hydrogens (tertiary/aromatic N) is 2. The summed E-state index contributed by atoms with van der Waals surface area (Å²) < 4.78 is 0. The Labute approximate surface area is 93.5 Å². The number of likely N-dealkylation sites (tertiary alicyclic amines) is 1. The van der Waals surface area contributed by atoms with Gasteiger partial charge in [0.15, 0.2) is 0 Å². The highest BCUT2D eigenvalue weighted by molar-refractivity contribution is 4.90. The Morgan fingerprint density at radius 1 is 1.33 bits per heavy atom. The molecule has 1 atom stereocenters. The van der Waals surface area contributed by atoms with Gasteiger partial charge >= 0.3 is 0 Å². The molecular formula is C12H23N3. The number of hydrogen-bond donors (Lipinski definition) is 1. The minimum Gasteiger partial charge on any atom is -0.314 e. The molecule has 1 unspecified atom stereocenters. The van der Waals surface area contributed by atoms with E-state index in [0.29, 0.717) is 6.04 Å². The van der Waals surface area contributed by atoms with Crippen LogP contribution in [0.3, 0.4) is 0 Å². The van der Waals surface area contributed by atoms with Crippen molar-refractivity contribution in [2.75, 3.05) is 19.6 Å². The van der Waals surface area contributed by atoms with Crippen molar-refractivity contribution in [1.29, 1.82) is 5.26 Å². The third-order valence-corrected chi connectivity index (χ3v) is 3.20. The van der Waals surface area contributed by atoms with E-state index in [-0.39, 0.29) is 6.04 Å². The van der Waals surface area contributed by atoms with Crippen LogP contribution in [0.2, 0.25) is 0 Å². The normalized spacial score (nSPS) is 21.5. The molecule has 0 spiro atoms. The van der Waals surface area contributed by atoms with Crippen molar-refractivity contribution >= 4 is 0 Å². The zero-order valence-corrected chi connectivity index (χ0v) is 10.2. The fourth-order valence-electron chi connectivity index (χ4n) is 2.03. The summed E-state index contributed by atoms with van der Waals surface area (Å²) in [5.41, 5.74) is 0. The molecule has 3 nitrogen and oxygen atoms in total. The molecule has 1 fully saturated rings. The first-order chi connectivity index (χ1) is 7.13. The van der Waals surface area contributed by atoms with E-state index in [1.165, 1.54) is 12.8 Å². The lowest BCUT2D eigenvalue weighted by molar-refractivity contribution is 0.162. The van der Waals surface area contributed by atoms with Gasteiger partial charge in [0.25, 0.3) is 0 Å². The molecule has 1 aliphatic heterocycles. The molecule has 15 heavy (non-hydrogen) atoms. The van der Waals surface area contributed by atoms with Gasteiger partial charge in [-0.2, -0.15) is 5.26 Å². The molecule has 1 heterocycles. The zero-order valence-electron chi connectivity index (χ0n) is 10.2. The first kappa shape index (κ1) is 12.5. The Hall–Kier alpha value is -0.590. The average Bonchev–Trinajstić information content (AvgIpc) is 2.26. The second kappa shape index (κ2) is 6.09. The predicted octanol–water partition coefficient (Wildman–Crippen LogP) is 1.61. The summed E-state index contributed by atoms with van der Waals surface area (Å²) in [6.45, 7) is 9.66. The van der Waals surface area contributed by atoms with Crippen molar-refractivity contribution in [1.82, 2.24) is 10.2 Å². The van der Waals surface area contributed by atoms with Gasteiger partial charge in [-0.3, -0.25) is 4.90 Å². The van der Waals surface area contributed by atoms with Crippen LogP contribution < -0.4 is 5.32 Å². The standard InChI is InChI=1S/C12H23N3/c1-10(2)14-9-12-4-6-15(7-5-12)11(3)8-13/h10-12,14H,4-7,9H2,1-3H3. The molecule has 0 amide bonds. The number of piperidine rings is 1. The molecular weight excluding hydrogens is 186 g/mol. The molecule has 0 radical (unpaired) electrons. The van der Waals surface area contributed by atoms with Crippen LogP contribution in [0, 0.1) is 17.2 Å². The van der Waals surface area contributed by atoms with E-state index < -0.39 is 0 Å². The van der Waals surface area contributed by atoms with Crippen LogP contribution in [0.1, 0.15) is 33.6 Å². The lowest BCUT2D eigenvalue weighted by atomic mass is 9.96. The molecule has 1 rings (SSSR count). The summed E-state index contributed by atoms with van der Waals surface area (Å²) in [5.74, 6) is 0.801. The predicted molar refractivity (Wildman–Crippen MR) is 62.5 cm³/mol. The Kier molecular flexibility index (Phi) is 5.07. The van der Waals surface area contributed by atoms with Crippen molar-refractivity contribution in [2.45, 2.75) is 45.7 Å². The highest BCUT2D eigenvalue weighted by Crippen LogP contribution is 2.18. The second-order valence-electron chi connectivity index (χ2n) is 4.85. The molecule has 1 aliphatic rings. The summed E-state index contributed by atoms with van der Waals surface area (Å²) in [6.07, 6.45) is 2.46. The Morgan fingerprint density at radius 3 is 2.40 bits per heavy atom. The van der Waals surface area contributed by atoms with Crippen LogP contribution in [0.15, 0.2) is 0 Å². The van der Waals surface area contributed by atoms with Crippen LogP contribution in [-0.2, 0) is 0 Å². The van der Waals surface area contributed by atoms with Gasteiger partial charge in [0.2, 0.25) is 0 Å². The summed E-state index contributed by atoms with van der Waals surface area (Å²) in [5, 5.41) is 12.3. The van der Waals surface area contributed by atoms with Crippen LogP contribution >= 0.6 is 0 Å². The molecule has 0 aliphatic carbocycles. The molecule has 1 saturated heterocycles. The first-order valence-electron chi connectivity index (χ1n) is 6.00. The molecule has 3 heteroatoms. The maximum absolute atomic E-state index is 8.83. The van der Waals surface area contributed by atoms with E-state index >= 15 is 0 Å². The molecule has 0 saturated carbocycles. The average molecular weight is 209 g/mol. The van der Waals surface area contributed by atoms with Gasteiger partial charge in [0.05, 0.1) is 12.1 Å². The van der Waals surface area contributed by atoms with Gasteiger partial charge in [-0.15, -0.1) is 0 Å². The maximum Gasteiger partial charge on any atom is 0.0949 e. The van der Waals surface area contributed by atoms with Gasteiger partial charge in [0, 0.05) is 6.04 Å². The van der Waals surface area contributed by atoms with Crippen molar-refractivity contribution in [3.05, 3.63) is 0 Å². The monoisotopic (exact) mass is 209 g/mol. The zero-order chi connectivity index (χ0) is 11.3. The summed E-state index contributed by atoms with van der Waals surface area (Å²) in [6, 6.07) is 2.98. The Morgan fingerprint density at radius 2 is 1.93 bits per heavy atom. The van der Waals surface area contributed by atoms with Crippen LogP contribution in [0.5, 0.6) is 0 Å². The second-order valence-corrected chi connectivity index (χ2v) is 4.85. The third kappa shape index (κ3) is 4.19. The lowest BCUT2D eigenvalue weighted by Gasteiger charge is -2.33. The van der Waals surface area contributed by atoms with Gasteiger partial charge < -0.3 is 5.32 Å². The minimum atomic E-state index is 0.0870. The van der Waals surface area contributed by atoms with E-state index in [4.69, 9.17) is 5.26 Å². The summed E-state index contributed by atoms with van der Waals surface area (Å²) >= 11 is 0. The van der Waals surface area contributed by atoms with Crippen LogP contribution in [-0.4, -0.2) is 36.6 Å². The SMILES string of the molecule is CC(C)NCC1CCN(C(C)C#N)CC1. The van der Waals surface area contributed by atoms with Crippen molar-refractivity contribution in [3.63, 3.8) is 0 Å². The van der Waals surface area contributed by atoms with E-state index in [9.17, 15) is 0 Å². The highest BCUT2D eigenvalue weighted by atomic mass is 15.2. The number of nitriles is 1. The van der Waals surface area contributed by atoms with Gasteiger partial charge in [0.1, 0.15) is 0 Å². The third-order valence-electron chi connectivity index (χ3n) is 3.20. The smallest absolute Gasteiger partial charge is 0.0949 e. The van der Waals surface area contributed by atoms with E-state index in [1.54, 1.807) is 0 Å². The number of nitrogens with one attached hydrogen (secondary N) is 1. The first-order valence-corrected chi connectivity index (χ1v) is 6.00. The quantitative estimate of drug-likeness (QED) is 0.764. The fraction of sp³-hybridized carbons (Fsp3) is 0.917. The summed E-state index contributed by atoms with van der Waals surface area (Å²) in [4.78, 5) is 2.28. The van der Waals surface area contributed by atoms with E-state index in [2.05, 4.69) is 30.1 Å². The number of rotatable bonds is 4. The fourth-order valence-corrected chi connectivity index (χ4v) is 2.03.